The molecule has 1 saturated heterocycles. The van der Waals surface area contributed by atoms with Gasteiger partial charge in [-0.25, -0.2) is 4.79 Å². The zero-order valence-corrected chi connectivity index (χ0v) is 11.3. The van der Waals surface area contributed by atoms with Crippen LogP contribution >= 0.6 is 0 Å². The molecule has 0 radical (unpaired) electrons. The third kappa shape index (κ3) is 3.85. The SMILES string of the molecule is COC(=O)NC1CC(C(C)O)CN(CC2CC2)C1. The number of hydrogen-bond acceptors (Lipinski definition) is 4. The quantitative estimate of drug-likeness (QED) is 0.782. The number of alkyl carbamates (subject to hydrolysis) is 1. The molecule has 2 fully saturated rings. The minimum absolute atomic E-state index is 0.0875. The lowest BCUT2D eigenvalue weighted by Crippen LogP contribution is -2.53. The first-order valence-electron chi connectivity index (χ1n) is 6.83. The van der Waals surface area contributed by atoms with Crippen LogP contribution in [-0.4, -0.2) is 55.0 Å². The zero-order valence-electron chi connectivity index (χ0n) is 11.3. The molecule has 0 aromatic rings. The summed E-state index contributed by atoms with van der Waals surface area (Å²) in [6.07, 6.45) is 2.77. The van der Waals surface area contributed by atoms with Gasteiger partial charge in [-0.1, -0.05) is 0 Å². The molecule has 18 heavy (non-hydrogen) atoms. The van der Waals surface area contributed by atoms with E-state index in [1.165, 1.54) is 20.0 Å². The van der Waals surface area contributed by atoms with Gasteiger partial charge in [-0.2, -0.15) is 0 Å². The molecule has 0 bridgehead atoms. The van der Waals surface area contributed by atoms with Crippen LogP contribution in [0.2, 0.25) is 0 Å². The van der Waals surface area contributed by atoms with Crippen LogP contribution in [-0.2, 0) is 4.74 Å². The lowest BCUT2D eigenvalue weighted by molar-refractivity contribution is 0.0454. The van der Waals surface area contributed by atoms with E-state index in [4.69, 9.17) is 0 Å². The van der Waals surface area contributed by atoms with Crippen LogP contribution < -0.4 is 5.32 Å². The molecule has 1 saturated carbocycles. The van der Waals surface area contributed by atoms with E-state index >= 15 is 0 Å². The van der Waals surface area contributed by atoms with Crippen LogP contribution in [0, 0.1) is 11.8 Å². The molecule has 1 aliphatic carbocycles. The molecule has 1 amide bonds. The highest BCUT2D eigenvalue weighted by atomic mass is 16.5. The van der Waals surface area contributed by atoms with Gasteiger partial charge in [0, 0.05) is 25.7 Å². The summed E-state index contributed by atoms with van der Waals surface area (Å²) in [5, 5.41) is 12.6. The van der Waals surface area contributed by atoms with Gasteiger partial charge in [0.25, 0.3) is 0 Å². The molecule has 3 atom stereocenters. The number of hydrogen-bond donors (Lipinski definition) is 2. The molecule has 3 unspecified atom stereocenters. The van der Waals surface area contributed by atoms with Crippen LogP contribution in [0.15, 0.2) is 0 Å². The molecule has 5 heteroatoms. The molecule has 0 aromatic heterocycles. The van der Waals surface area contributed by atoms with Gasteiger partial charge in [-0.15, -0.1) is 0 Å². The van der Waals surface area contributed by atoms with E-state index in [9.17, 15) is 9.90 Å². The molecular weight excluding hydrogens is 232 g/mol. The highest BCUT2D eigenvalue weighted by molar-refractivity contribution is 5.67. The normalized spacial score (nSPS) is 30.8. The fraction of sp³-hybridized carbons (Fsp3) is 0.923. The van der Waals surface area contributed by atoms with E-state index in [0.29, 0.717) is 0 Å². The fourth-order valence-electron chi connectivity index (χ4n) is 2.73. The van der Waals surface area contributed by atoms with Gasteiger partial charge in [-0.3, -0.25) is 0 Å². The van der Waals surface area contributed by atoms with Gasteiger partial charge in [-0.05, 0) is 38.0 Å². The Hall–Kier alpha value is -0.810. The Morgan fingerprint density at radius 3 is 2.78 bits per heavy atom. The maximum atomic E-state index is 11.3. The summed E-state index contributed by atoms with van der Waals surface area (Å²) >= 11 is 0. The third-order valence-corrected chi connectivity index (χ3v) is 3.96. The van der Waals surface area contributed by atoms with Gasteiger partial charge >= 0.3 is 6.09 Å². The Bertz CT molecular complexity index is 292. The summed E-state index contributed by atoms with van der Waals surface area (Å²) in [5.74, 6) is 1.07. The van der Waals surface area contributed by atoms with Gasteiger partial charge in [0.1, 0.15) is 0 Å². The monoisotopic (exact) mass is 256 g/mol. The molecule has 1 aliphatic heterocycles. The number of amides is 1. The first-order chi connectivity index (χ1) is 8.58. The predicted molar refractivity (Wildman–Crippen MR) is 68.3 cm³/mol. The van der Waals surface area contributed by atoms with Crippen LogP contribution in [0.4, 0.5) is 4.79 Å². The number of nitrogens with zero attached hydrogens (tertiary/aromatic N) is 1. The van der Waals surface area contributed by atoms with Crippen molar-refractivity contribution in [3.8, 4) is 0 Å². The number of nitrogens with one attached hydrogen (secondary N) is 1. The topological polar surface area (TPSA) is 61.8 Å². The molecule has 1 heterocycles. The van der Waals surface area contributed by atoms with E-state index in [1.54, 1.807) is 0 Å². The van der Waals surface area contributed by atoms with Crippen molar-refractivity contribution in [2.24, 2.45) is 11.8 Å². The van der Waals surface area contributed by atoms with Crippen LogP contribution in [0.3, 0.4) is 0 Å². The maximum Gasteiger partial charge on any atom is 0.407 e. The highest BCUT2D eigenvalue weighted by Crippen LogP contribution is 2.31. The van der Waals surface area contributed by atoms with Crippen molar-refractivity contribution in [1.29, 1.82) is 0 Å². The molecule has 104 valence electrons. The minimum Gasteiger partial charge on any atom is -0.453 e. The Morgan fingerprint density at radius 1 is 1.50 bits per heavy atom. The average Bonchev–Trinajstić information content (AvgIpc) is 3.12. The second-order valence-electron chi connectivity index (χ2n) is 5.73. The summed E-state index contributed by atoms with van der Waals surface area (Å²) in [6, 6.07) is 0.0875. The van der Waals surface area contributed by atoms with E-state index in [2.05, 4.69) is 15.0 Å². The summed E-state index contributed by atoms with van der Waals surface area (Å²) in [7, 11) is 1.38. The van der Waals surface area contributed by atoms with Gasteiger partial charge < -0.3 is 20.1 Å². The maximum absolute atomic E-state index is 11.3. The number of rotatable bonds is 4. The fourth-order valence-corrected chi connectivity index (χ4v) is 2.73. The van der Waals surface area contributed by atoms with Crippen molar-refractivity contribution in [3.05, 3.63) is 0 Å². The summed E-state index contributed by atoms with van der Waals surface area (Å²) < 4.78 is 4.65. The Balaban J connectivity index is 1.89. The summed E-state index contributed by atoms with van der Waals surface area (Å²) in [4.78, 5) is 13.7. The zero-order chi connectivity index (χ0) is 13.1. The van der Waals surface area contributed by atoms with E-state index in [-0.39, 0.29) is 24.2 Å². The summed E-state index contributed by atoms with van der Waals surface area (Å²) in [5.41, 5.74) is 0. The van der Waals surface area contributed by atoms with E-state index in [1.807, 2.05) is 6.92 Å². The predicted octanol–water partition coefficient (Wildman–Crippen LogP) is 0.824. The second kappa shape index (κ2) is 5.89. The van der Waals surface area contributed by atoms with Crippen molar-refractivity contribution in [2.75, 3.05) is 26.7 Å². The molecule has 2 N–H and O–H groups in total. The molecule has 5 nitrogen and oxygen atoms in total. The third-order valence-electron chi connectivity index (χ3n) is 3.96. The van der Waals surface area contributed by atoms with Crippen LogP contribution in [0.1, 0.15) is 26.2 Å². The Morgan fingerprint density at radius 2 is 2.22 bits per heavy atom. The smallest absolute Gasteiger partial charge is 0.407 e. The largest absolute Gasteiger partial charge is 0.453 e. The first kappa shape index (κ1) is 13.6. The lowest BCUT2D eigenvalue weighted by Gasteiger charge is -2.39. The number of aliphatic hydroxyl groups is 1. The van der Waals surface area contributed by atoms with E-state index < -0.39 is 0 Å². The number of likely N-dealkylation sites (tertiary alicyclic amines) is 1. The standard InChI is InChI=1S/C13H24N2O3/c1-9(16)11-5-12(14-13(17)18-2)8-15(7-11)6-10-3-4-10/h9-12,16H,3-8H2,1-2H3,(H,14,17). The van der Waals surface area contributed by atoms with Crippen molar-refractivity contribution in [2.45, 2.75) is 38.3 Å². The minimum atomic E-state index is -0.377. The van der Waals surface area contributed by atoms with E-state index in [0.717, 1.165) is 32.0 Å². The molecular formula is C13H24N2O3. The molecule has 2 rings (SSSR count). The first-order valence-corrected chi connectivity index (χ1v) is 6.83. The Kier molecular flexibility index (Phi) is 4.45. The average molecular weight is 256 g/mol. The Labute approximate surface area is 108 Å². The number of methoxy groups -OCH3 is 1. The molecule has 0 aromatic carbocycles. The molecule has 0 spiro atoms. The van der Waals surface area contributed by atoms with Crippen LogP contribution in [0.25, 0.3) is 0 Å². The van der Waals surface area contributed by atoms with Crippen molar-refractivity contribution < 1.29 is 14.6 Å². The lowest BCUT2D eigenvalue weighted by atomic mass is 9.90. The van der Waals surface area contributed by atoms with Gasteiger partial charge in [0.15, 0.2) is 0 Å². The van der Waals surface area contributed by atoms with Gasteiger partial charge in [0.05, 0.1) is 13.2 Å². The number of carbonyl (C=O) groups is 1. The van der Waals surface area contributed by atoms with Crippen LogP contribution in [0.5, 0.6) is 0 Å². The second-order valence-corrected chi connectivity index (χ2v) is 5.73. The number of piperidine rings is 1. The number of aliphatic hydroxyl groups excluding tert-OH is 1. The highest BCUT2D eigenvalue weighted by Gasteiger charge is 2.33. The van der Waals surface area contributed by atoms with Crippen molar-refractivity contribution in [1.82, 2.24) is 10.2 Å². The molecule has 2 aliphatic rings. The van der Waals surface area contributed by atoms with Crippen molar-refractivity contribution in [3.63, 3.8) is 0 Å². The number of carbonyl (C=O) groups excluding carboxylic acids is 1. The van der Waals surface area contributed by atoms with Crippen molar-refractivity contribution >= 4 is 6.09 Å². The summed E-state index contributed by atoms with van der Waals surface area (Å²) in [6.45, 7) is 4.74. The number of ether oxygens (including phenoxy) is 1. The van der Waals surface area contributed by atoms with Gasteiger partial charge in [0.2, 0.25) is 0 Å².